The number of rotatable bonds is 7. The van der Waals surface area contributed by atoms with Crippen LogP contribution in [0.1, 0.15) is 67.8 Å². The Balaban J connectivity index is 1.50. The summed E-state index contributed by atoms with van der Waals surface area (Å²) in [6.45, 7) is 6.61. The molecule has 0 atom stereocenters. The third kappa shape index (κ3) is 3.82. The monoisotopic (exact) mass is 430 g/mol. The summed E-state index contributed by atoms with van der Waals surface area (Å²) >= 11 is 0. The lowest BCUT2D eigenvalue weighted by Crippen LogP contribution is -2.30. The molecule has 1 aliphatic rings. The van der Waals surface area contributed by atoms with Gasteiger partial charge in [-0.3, -0.25) is 19.3 Å². The van der Waals surface area contributed by atoms with E-state index in [2.05, 4.69) is 10.4 Å². The van der Waals surface area contributed by atoms with Gasteiger partial charge in [0.1, 0.15) is 0 Å². The van der Waals surface area contributed by atoms with E-state index in [9.17, 15) is 14.4 Å². The van der Waals surface area contributed by atoms with E-state index in [1.807, 2.05) is 55.8 Å². The number of unbranched alkanes of at least 4 members (excludes halogenated alkanes) is 1. The number of carbonyl (C=O) groups is 3. The highest BCUT2D eigenvalue weighted by Crippen LogP contribution is 2.25. The fourth-order valence-corrected chi connectivity index (χ4v) is 3.97. The first kappa shape index (κ1) is 21.5. The van der Waals surface area contributed by atoms with E-state index in [0.29, 0.717) is 29.8 Å². The smallest absolute Gasteiger partial charge is 0.261 e. The van der Waals surface area contributed by atoms with Gasteiger partial charge in [-0.15, -0.1) is 0 Å². The molecule has 4 rings (SSSR count). The molecule has 32 heavy (non-hydrogen) atoms. The molecule has 7 heteroatoms. The SMILES string of the molecule is CCCCN1C(=O)c2ccc(C(=O)NCc3c(C)nn(-c4ccccc4)c3C)cc2C1=O. The molecule has 3 amide bonds. The Morgan fingerprint density at radius 2 is 1.72 bits per heavy atom. The molecule has 1 N–H and O–H groups in total. The molecule has 0 spiro atoms. The predicted octanol–water partition coefficient (Wildman–Crippen LogP) is 3.82. The summed E-state index contributed by atoms with van der Waals surface area (Å²) < 4.78 is 1.86. The van der Waals surface area contributed by atoms with Gasteiger partial charge in [-0.25, -0.2) is 4.68 Å². The van der Waals surface area contributed by atoms with E-state index in [1.54, 1.807) is 12.1 Å². The van der Waals surface area contributed by atoms with E-state index in [1.165, 1.54) is 11.0 Å². The molecule has 164 valence electrons. The van der Waals surface area contributed by atoms with Gasteiger partial charge in [0.2, 0.25) is 0 Å². The van der Waals surface area contributed by atoms with Crippen molar-refractivity contribution in [3.8, 4) is 5.69 Å². The normalized spacial score (nSPS) is 12.9. The van der Waals surface area contributed by atoms with Crippen LogP contribution in [0.4, 0.5) is 0 Å². The fraction of sp³-hybridized carbons (Fsp3) is 0.280. The maximum absolute atomic E-state index is 12.8. The summed E-state index contributed by atoms with van der Waals surface area (Å²) in [7, 11) is 0. The number of imide groups is 1. The van der Waals surface area contributed by atoms with Gasteiger partial charge in [0, 0.05) is 29.9 Å². The van der Waals surface area contributed by atoms with Gasteiger partial charge in [0.15, 0.2) is 0 Å². The van der Waals surface area contributed by atoms with E-state index in [-0.39, 0.29) is 17.7 Å². The largest absolute Gasteiger partial charge is 0.348 e. The number of nitrogens with one attached hydrogen (secondary N) is 1. The van der Waals surface area contributed by atoms with Crippen molar-refractivity contribution in [3.05, 3.63) is 82.2 Å². The molecule has 1 aliphatic heterocycles. The van der Waals surface area contributed by atoms with Crippen LogP contribution in [-0.2, 0) is 6.54 Å². The number of para-hydroxylation sites is 1. The molecule has 0 saturated carbocycles. The Bertz CT molecular complexity index is 1200. The minimum Gasteiger partial charge on any atom is -0.348 e. The number of hydrogen-bond acceptors (Lipinski definition) is 4. The maximum Gasteiger partial charge on any atom is 0.261 e. The Morgan fingerprint density at radius 3 is 2.44 bits per heavy atom. The average Bonchev–Trinajstić information content (AvgIpc) is 3.23. The molecule has 0 aliphatic carbocycles. The number of nitrogens with zero attached hydrogens (tertiary/aromatic N) is 3. The third-order valence-corrected chi connectivity index (χ3v) is 5.84. The zero-order valence-corrected chi connectivity index (χ0v) is 18.5. The van der Waals surface area contributed by atoms with Crippen LogP contribution in [0, 0.1) is 13.8 Å². The average molecular weight is 431 g/mol. The van der Waals surface area contributed by atoms with Crippen LogP contribution in [0.5, 0.6) is 0 Å². The van der Waals surface area contributed by atoms with Gasteiger partial charge in [-0.2, -0.15) is 5.10 Å². The van der Waals surface area contributed by atoms with Crippen LogP contribution >= 0.6 is 0 Å². The second-order valence-corrected chi connectivity index (χ2v) is 7.96. The molecule has 1 aromatic heterocycles. The summed E-state index contributed by atoms with van der Waals surface area (Å²) in [5, 5.41) is 7.53. The van der Waals surface area contributed by atoms with Crippen LogP contribution in [0.25, 0.3) is 5.69 Å². The van der Waals surface area contributed by atoms with Crippen molar-refractivity contribution >= 4 is 17.7 Å². The van der Waals surface area contributed by atoms with Crippen LogP contribution in [0.15, 0.2) is 48.5 Å². The van der Waals surface area contributed by atoms with Crippen LogP contribution < -0.4 is 5.32 Å². The van der Waals surface area contributed by atoms with Crippen molar-refractivity contribution in [1.82, 2.24) is 20.0 Å². The van der Waals surface area contributed by atoms with Crippen LogP contribution in [0.2, 0.25) is 0 Å². The Labute approximate surface area is 187 Å². The zero-order valence-electron chi connectivity index (χ0n) is 18.5. The third-order valence-electron chi connectivity index (χ3n) is 5.84. The lowest BCUT2D eigenvalue weighted by Gasteiger charge is -2.12. The van der Waals surface area contributed by atoms with Crippen molar-refractivity contribution < 1.29 is 14.4 Å². The quantitative estimate of drug-likeness (QED) is 0.578. The molecule has 0 radical (unpaired) electrons. The number of aryl methyl sites for hydroxylation is 1. The molecule has 0 fully saturated rings. The standard InChI is InChI=1S/C25H26N4O3/c1-4-5-13-28-24(31)20-12-11-18(14-21(20)25(28)32)23(30)26-15-22-16(2)27-29(17(22)3)19-9-7-6-8-10-19/h6-12,14H,4-5,13,15H2,1-3H3,(H,26,30). The number of benzene rings is 2. The number of amides is 3. The fourth-order valence-electron chi connectivity index (χ4n) is 3.97. The molecule has 0 bridgehead atoms. The van der Waals surface area contributed by atoms with E-state index >= 15 is 0 Å². The summed E-state index contributed by atoms with van der Waals surface area (Å²) in [5.74, 6) is -0.916. The Hall–Kier alpha value is -3.74. The molecule has 7 nitrogen and oxygen atoms in total. The van der Waals surface area contributed by atoms with Crippen molar-refractivity contribution in [2.45, 2.75) is 40.2 Å². The van der Waals surface area contributed by atoms with Crippen molar-refractivity contribution in [1.29, 1.82) is 0 Å². The molecule has 2 aromatic carbocycles. The summed E-state index contributed by atoms with van der Waals surface area (Å²) in [6, 6.07) is 14.5. The molecular formula is C25H26N4O3. The topological polar surface area (TPSA) is 84.3 Å². The van der Waals surface area contributed by atoms with Gasteiger partial charge in [-0.1, -0.05) is 31.5 Å². The highest BCUT2D eigenvalue weighted by atomic mass is 16.2. The van der Waals surface area contributed by atoms with Gasteiger partial charge >= 0.3 is 0 Å². The van der Waals surface area contributed by atoms with Gasteiger partial charge in [-0.05, 0) is 50.6 Å². The summed E-state index contributed by atoms with van der Waals surface area (Å²) in [6.07, 6.45) is 1.65. The van der Waals surface area contributed by atoms with Gasteiger partial charge in [0.05, 0.1) is 22.5 Å². The number of aromatic nitrogens is 2. The predicted molar refractivity (Wildman–Crippen MR) is 121 cm³/mol. The summed E-state index contributed by atoms with van der Waals surface area (Å²) in [4.78, 5) is 39.2. The van der Waals surface area contributed by atoms with Gasteiger partial charge in [0.25, 0.3) is 17.7 Å². The van der Waals surface area contributed by atoms with E-state index in [4.69, 9.17) is 0 Å². The molecule has 2 heterocycles. The van der Waals surface area contributed by atoms with Crippen LogP contribution in [0.3, 0.4) is 0 Å². The van der Waals surface area contributed by atoms with Gasteiger partial charge < -0.3 is 5.32 Å². The maximum atomic E-state index is 12.8. The molecular weight excluding hydrogens is 404 g/mol. The Kier molecular flexibility index (Phi) is 5.90. The van der Waals surface area contributed by atoms with Crippen LogP contribution in [-0.4, -0.2) is 38.9 Å². The van der Waals surface area contributed by atoms with E-state index < -0.39 is 0 Å². The highest BCUT2D eigenvalue weighted by Gasteiger charge is 2.35. The second-order valence-electron chi connectivity index (χ2n) is 7.96. The first-order valence-electron chi connectivity index (χ1n) is 10.8. The molecule has 0 saturated heterocycles. The van der Waals surface area contributed by atoms with Crippen molar-refractivity contribution in [2.75, 3.05) is 6.54 Å². The van der Waals surface area contributed by atoms with Crippen molar-refractivity contribution in [3.63, 3.8) is 0 Å². The summed E-state index contributed by atoms with van der Waals surface area (Å²) in [5.41, 5.74) is 4.71. The first-order chi connectivity index (χ1) is 15.4. The Morgan fingerprint density at radius 1 is 1.00 bits per heavy atom. The molecule has 0 unspecified atom stereocenters. The highest BCUT2D eigenvalue weighted by molar-refractivity contribution is 6.22. The molecule has 3 aromatic rings. The number of fused-ring (bicyclic) bond motifs is 1. The van der Waals surface area contributed by atoms with Crippen molar-refractivity contribution in [2.24, 2.45) is 0 Å². The zero-order chi connectivity index (χ0) is 22.8. The number of carbonyl (C=O) groups excluding carboxylic acids is 3. The minimum absolute atomic E-state index is 0.287. The minimum atomic E-state index is -0.330. The second kappa shape index (κ2) is 8.78. The lowest BCUT2D eigenvalue weighted by molar-refractivity contribution is 0.0652. The number of hydrogen-bond donors (Lipinski definition) is 1. The lowest BCUT2D eigenvalue weighted by atomic mass is 10.1. The first-order valence-corrected chi connectivity index (χ1v) is 10.8. The van der Waals surface area contributed by atoms with E-state index in [0.717, 1.165) is 35.5 Å².